The summed E-state index contributed by atoms with van der Waals surface area (Å²) in [6.07, 6.45) is 1.13. The molecule has 95 valence electrons. The zero-order valence-corrected chi connectivity index (χ0v) is 9.83. The molecule has 0 amide bonds. The normalized spacial score (nSPS) is 11.3. The van der Waals surface area contributed by atoms with Crippen molar-refractivity contribution in [2.75, 3.05) is 0 Å². The summed E-state index contributed by atoms with van der Waals surface area (Å²) in [4.78, 5) is 25.1. The summed E-state index contributed by atoms with van der Waals surface area (Å²) >= 11 is 0. The molecule has 0 spiro atoms. The monoisotopic (exact) mass is 283 g/mol. The molecule has 1 unspecified atom stereocenters. The number of nitrogens with zero attached hydrogens (tertiary/aromatic N) is 1. The molecule has 0 aliphatic rings. The number of hydrogen-bond acceptors (Lipinski definition) is 4. The Bertz CT molecular complexity index is 372. The van der Waals surface area contributed by atoms with Crippen LogP contribution in [-0.4, -0.2) is 33.2 Å². The van der Waals surface area contributed by atoms with Crippen LogP contribution in [0.15, 0.2) is 24.4 Å². The Morgan fingerprint density at radius 2 is 2.06 bits per heavy atom. The Kier molecular flexibility index (Phi) is 7.11. The average Bonchev–Trinajstić information content (AvgIpc) is 2.25. The van der Waals surface area contributed by atoms with Crippen molar-refractivity contribution in [3.05, 3.63) is 30.1 Å². The van der Waals surface area contributed by atoms with Gasteiger partial charge in [0.15, 0.2) is 0 Å². The van der Waals surface area contributed by atoms with E-state index in [0.717, 1.165) is 0 Å². The summed E-state index contributed by atoms with van der Waals surface area (Å²) in [5, 5.41) is 19.9. The second kappa shape index (κ2) is 7.77. The maximum absolute atomic E-state index is 10.7. The van der Waals surface area contributed by atoms with Crippen LogP contribution in [0.3, 0.4) is 0 Å². The molecular formula is C10H12CoN2O4. The van der Waals surface area contributed by atoms with Crippen LogP contribution in [-0.2, 0) is 32.9 Å². The van der Waals surface area contributed by atoms with Crippen molar-refractivity contribution in [1.82, 2.24) is 10.3 Å². The van der Waals surface area contributed by atoms with Crippen molar-refractivity contribution < 1.29 is 36.6 Å². The molecule has 17 heavy (non-hydrogen) atoms. The van der Waals surface area contributed by atoms with E-state index in [1.165, 1.54) is 0 Å². The SMILES string of the molecule is O=C(O)CC(NCc1ccccn1)C(=O)O.[Co]. The van der Waals surface area contributed by atoms with Crippen molar-refractivity contribution in [3.8, 4) is 0 Å². The van der Waals surface area contributed by atoms with E-state index in [1.807, 2.05) is 0 Å². The van der Waals surface area contributed by atoms with E-state index in [-0.39, 0.29) is 23.3 Å². The molecule has 0 fully saturated rings. The first-order chi connectivity index (χ1) is 7.59. The molecule has 7 heteroatoms. The summed E-state index contributed by atoms with van der Waals surface area (Å²) in [7, 11) is 0. The predicted octanol–water partition coefficient (Wildman–Crippen LogP) is 0.0966. The fourth-order valence-electron chi connectivity index (χ4n) is 1.15. The van der Waals surface area contributed by atoms with Gasteiger partial charge in [0, 0.05) is 29.5 Å². The summed E-state index contributed by atoms with van der Waals surface area (Å²) in [6, 6.07) is 4.15. The Balaban J connectivity index is 0.00000256. The topological polar surface area (TPSA) is 99.5 Å². The molecule has 0 saturated carbocycles. The van der Waals surface area contributed by atoms with Gasteiger partial charge in [-0.05, 0) is 12.1 Å². The van der Waals surface area contributed by atoms with Crippen molar-refractivity contribution in [2.45, 2.75) is 19.0 Å². The summed E-state index contributed by atoms with van der Waals surface area (Å²) in [6.45, 7) is 0.227. The minimum Gasteiger partial charge on any atom is -0.481 e. The number of hydrogen-bond donors (Lipinski definition) is 3. The Hall–Kier alpha value is -1.44. The smallest absolute Gasteiger partial charge is 0.321 e. The van der Waals surface area contributed by atoms with Gasteiger partial charge in [0.05, 0.1) is 12.1 Å². The van der Waals surface area contributed by atoms with Gasteiger partial charge in [-0.2, -0.15) is 0 Å². The molecule has 6 nitrogen and oxygen atoms in total. The van der Waals surface area contributed by atoms with E-state index in [0.29, 0.717) is 5.69 Å². The van der Waals surface area contributed by atoms with Crippen molar-refractivity contribution in [3.63, 3.8) is 0 Å². The molecule has 1 aromatic heterocycles. The fourth-order valence-corrected chi connectivity index (χ4v) is 1.15. The third kappa shape index (κ3) is 6.00. The minimum absolute atomic E-state index is 0. The van der Waals surface area contributed by atoms with Crippen LogP contribution < -0.4 is 5.32 Å². The molecular weight excluding hydrogens is 271 g/mol. The van der Waals surface area contributed by atoms with Crippen LogP contribution >= 0.6 is 0 Å². The quantitative estimate of drug-likeness (QED) is 0.684. The van der Waals surface area contributed by atoms with Crippen LogP contribution in [0.2, 0.25) is 0 Å². The predicted molar refractivity (Wildman–Crippen MR) is 54.8 cm³/mol. The summed E-state index contributed by atoms with van der Waals surface area (Å²) in [5.74, 6) is -2.33. The van der Waals surface area contributed by atoms with E-state index < -0.39 is 24.4 Å². The number of aromatic nitrogens is 1. The van der Waals surface area contributed by atoms with Gasteiger partial charge in [-0.25, -0.2) is 0 Å². The number of rotatable bonds is 6. The number of aliphatic carboxylic acids is 2. The standard InChI is InChI=1S/C10H12N2O4.Co/c13-9(14)5-8(10(15)16)12-6-7-3-1-2-4-11-7;/h1-4,8,12H,5-6H2,(H,13,14)(H,15,16);. The average molecular weight is 283 g/mol. The molecule has 0 bridgehead atoms. The molecule has 0 saturated heterocycles. The van der Waals surface area contributed by atoms with Crippen LogP contribution in [0.25, 0.3) is 0 Å². The number of carboxylic acids is 2. The van der Waals surface area contributed by atoms with Crippen LogP contribution in [0.4, 0.5) is 0 Å². The van der Waals surface area contributed by atoms with Crippen LogP contribution in [0.1, 0.15) is 12.1 Å². The second-order valence-electron chi connectivity index (χ2n) is 3.19. The van der Waals surface area contributed by atoms with Gasteiger partial charge in [-0.15, -0.1) is 0 Å². The Morgan fingerprint density at radius 3 is 2.53 bits per heavy atom. The molecule has 0 aromatic carbocycles. The van der Waals surface area contributed by atoms with Gasteiger partial charge in [0.25, 0.3) is 0 Å². The van der Waals surface area contributed by atoms with E-state index >= 15 is 0 Å². The first-order valence-electron chi connectivity index (χ1n) is 4.67. The number of carboxylic acid groups (broad SMARTS) is 2. The first-order valence-corrected chi connectivity index (χ1v) is 4.67. The van der Waals surface area contributed by atoms with Gasteiger partial charge >= 0.3 is 11.9 Å². The molecule has 1 atom stereocenters. The number of carbonyl (C=O) groups is 2. The van der Waals surface area contributed by atoms with Crippen molar-refractivity contribution >= 4 is 11.9 Å². The van der Waals surface area contributed by atoms with Gasteiger partial charge in [-0.3, -0.25) is 19.9 Å². The maximum Gasteiger partial charge on any atom is 0.321 e. The molecule has 1 radical (unpaired) electrons. The minimum atomic E-state index is -1.18. The molecule has 1 aromatic rings. The third-order valence-electron chi connectivity index (χ3n) is 1.93. The van der Waals surface area contributed by atoms with Crippen molar-refractivity contribution in [2.24, 2.45) is 0 Å². The zero-order chi connectivity index (χ0) is 12.0. The van der Waals surface area contributed by atoms with Crippen LogP contribution in [0.5, 0.6) is 0 Å². The third-order valence-corrected chi connectivity index (χ3v) is 1.93. The fraction of sp³-hybridized carbons (Fsp3) is 0.300. The van der Waals surface area contributed by atoms with Gasteiger partial charge < -0.3 is 10.2 Å². The van der Waals surface area contributed by atoms with Crippen LogP contribution in [0, 0.1) is 0 Å². The molecule has 3 N–H and O–H groups in total. The molecule has 1 rings (SSSR count). The zero-order valence-electron chi connectivity index (χ0n) is 8.79. The Morgan fingerprint density at radius 1 is 1.35 bits per heavy atom. The molecule has 0 aliphatic carbocycles. The summed E-state index contributed by atoms with van der Waals surface area (Å²) in [5.41, 5.74) is 0.666. The Labute approximate surface area is 108 Å². The van der Waals surface area contributed by atoms with Gasteiger partial charge in [0.2, 0.25) is 0 Å². The van der Waals surface area contributed by atoms with E-state index in [4.69, 9.17) is 10.2 Å². The first kappa shape index (κ1) is 15.6. The molecule has 0 aliphatic heterocycles. The van der Waals surface area contributed by atoms with Gasteiger partial charge in [-0.1, -0.05) is 6.07 Å². The number of pyridine rings is 1. The van der Waals surface area contributed by atoms with Gasteiger partial charge in [0.1, 0.15) is 6.04 Å². The second-order valence-corrected chi connectivity index (χ2v) is 3.19. The van der Waals surface area contributed by atoms with Crippen molar-refractivity contribution in [1.29, 1.82) is 0 Å². The van der Waals surface area contributed by atoms with E-state index in [2.05, 4.69) is 10.3 Å². The number of nitrogens with one attached hydrogen (secondary N) is 1. The largest absolute Gasteiger partial charge is 0.481 e. The summed E-state index contributed by atoms with van der Waals surface area (Å²) < 4.78 is 0. The van der Waals surface area contributed by atoms with E-state index in [9.17, 15) is 9.59 Å². The molecule has 1 heterocycles. The van der Waals surface area contributed by atoms with E-state index in [1.54, 1.807) is 24.4 Å². The maximum atomic E-state index is 10.7.